The second-order valence-corrected chi connectivity index (χ2v) is 10.1. The zero-order valence-electron chi connectivity index (χ0n) is 21.8. The minimum Gasteiger partial charge on any atom is -0.445 e. The van der Waals surface area contributed by atoms with Gasteiger partial charge in [0.2, 0.25) is 0 Å². The molecule has 0 radical (unpaired) electrons. The van der Waals surface area contributed by atoms with Gasteiger partial charge in [0.05, 0.1) is 24.5 Å². The molecule has 2 heterocycles. The van der Waals surface area contributed by atoms with E-state index in [9.17, 15) is 14.4 Å². The van der Waals surface area contributed by atoms with Crippen LogP contribution in [0.3, 0.4) is 0 Å². The highest BCUT2D eigenvalue weighted by Gasteiger charge is 2.34. The first-order valence-electron chi connectivity index (χ1n) is 12.5. The number of benzene rings is 2. The zero-order valence-corrected chi connectivity index (χ0v) is 21.8. The molecule has 0 saturated carbocycles. The van der Waals surface area contributed by atoms with Crippen LogP contribution in [0.15, 0.2) is 48.5 Å². The van der Waals surface area contributed by atoms with Crippen molar-refractivity contribution in [3.05, 3.63) is 59.9 Å². The fraction of sp³-hybridized carbons (Fsp3) is 0.444. The molecule has 3 amide bonds. The van der Waals surface area contributed by atoms with E-state index in [1.807, 2.05) is 35.2 Å². The molecule has 0 bridgehead atoms. The maximum absolute atomic E-state index is 15.1. The first-order chi connectivity index (χ1) is 18.1. The summed E-state index contributed by atoms with van der Waals surface area (Å²) in [5.41, 5.74) is 1.02. The third-order valence-electron chi connectivity index (χ3n) is 6.07. The molecule has 0 aromatic heterocycles. The minimum atomic E-state index is -0.639. The third kappa shape index (κ3) is 7.05. The van der Waals surface area contributed by atoms with E-state index >= 15 is 4.39 Å². The van der Waals surface area contributed by atoms with Crippen LogP contribution in [-0.4, -0.2) is 74.2 Å². The number of carbonyl (C=O) groups excluding carboxylic acids is 3. The molecule has 1 atom stereocenters. The van der Waals surface area contributed by atoms with Crippen molar-refractivity contribution in [3.63, 3.8) is 0 Å². The van der Waals surface area contributed by atoms with Crippen molar-refractivity contribution in [2.75, 3.05) is 49.1 Å². The average molecular weight is 529 g/mol. The molecule has 0 spiro atoms. The number of nitrogens with zero attached hydrogens (tertiary/aromatic N) is 3. The van der Waals surface area contributed by atoms with Crippen LogP contribution in [0.5, 0.6) is 0 Å². The Balaban J connectivity index is 1.27. The SMILES string of the molecule is CC(C)(C)OC(=O)NC[C@H]1CN(c2ccc(N3CCN(C(=O)OCc4ccccc4)CC3)c(F)c2)C(=O)O1. The van der Waals surface area contributed by atoms with Gasteiger partial charge in [0.1, 0.15) is 24.1 Å². The largest absolute Gasteiger partial charge is 0.445 e. The van der Waals surface area contributed by atoms with Crippen LogP contribution in [0.1, 0.15) is 26.3 Å². The maximum atomic E-state index is 15.1. The van der Waals surface area contributed by atoms with Crippen molar-refractivity contribution in [1.82, 2.24) is 10.2 Å². The first-order valence-corrected chi connectivity index (χ1v) is 12.5. The van der Waals surface area contributed by atoms with Gasteiger partial charge in [0.15, 0.2) is 0 Å². The average Bonchev–Trinajstić information content (AvgIpc) is 3.26. The summed E-state index contributed by atoms with van der Waals surface area (Å²) in [7, 11) is 0. The number of ether oxygens (including phenoxy) is 3. The molecule has 2 fully saturated rings. The molecule has 38 heavy (non-hydrogen) atoms. The maximum Gasteiger partial charge on any atom is 0.414 e. The number of carbonyl (C=O) groups is 3. The van der Waals surface area contributed by atoms with E-state index in [-0.39, 0.29) is 19.7 Å². The Kier molecular flexibility index (Phi) is 8.23. The van der Waals surface area contributed by atoms with E-state index in [0.717, 1.165) is 5.56 Å². The first kappa shape index (κ1) is 27.0. The lowest BCUT2D eigenvalue weighted by atomic mass is 10.2. The summed E-state index contributed by atoms with van der Waals surface area (Å²) in [6, 6.07) is 14.0. The van der Waals surface area contributed by atoms with Gasteiger partial charge in [0, 0.05) is 26.2 Å². The molecule has 0 aliphatic carbocycles. The molecule has 2 saturated heterocycles. The van der Waals surface area contributed by atoms with Crippen molar-refractivity contribution in [3.8, 4) is 0 Å². The molecule has 204 valence electrons. The Hall–Kier alpha value is -4.02. The smallest absolute Gasteiger partial charge is 0.414 e. The number of hydrogen-bond acceptors (Lipinski definition) is 7. The number of nitrogens with one attached hydrogen (secondary N) is 1. The number of hydrogen-bond donors (Lipinski definition) is 1. The molecule has 0 unspecified atom stereocenters. The fourth-order valence-corrected chi connectivity index (χ4v) is 4.21. The highest BCUT2D eigenvalue weighted by molar-refractivity contribution is 5.90. The molecule has 1 N–H and O–H groups in total. The summed E-state index contributed by atoms with van der Waals surface area (Å²) in [5, 5.41) is 2.58. The van der Waals surface area contributed by atoms with Gasteiger partial charge >= 0.3 is 18.3 Å². The van der Waals surface area contributed by atoms with Crippen molar-refractivity contribution in [1.29, 1.82) is 0 Å². The number of alkyl carbamates (subject to hydrolysis) is 1. The third-order valence-corrected chi connectivity index (χ3v) is 6.07. The summed E-state index contributed by atoms with van der Waals surface area (Å²) < 4.78 is 31.0. The zero-order chi connectivity index (χ0) is 27.3. The normalized spacial score (nSPS) is 17.7. The number of rotatable bonds is 6. The van der Waals surface area contributed by atoms with Gasteiger partial charge in [-0.15, -0.1) is 0 Å². The summed E-state index contributed by atoms with van der Waals surface area (Å²) in [6.45, 7) is 7.40. The Labute approximate surface area is 221 Å². The Morgan fingerprint density at radius 3 is 2.45 bits per heavy atom. The van der Waals surface area contributed by atoms with Crippen LogP contribution in [0.2, 0.25) is 0 Å². The van der Waals surface area contributed by atoms with Crippen LogP contribution in [0.4, 0.5) is 30.1 Å². The van der Waals surface area contributed by atoms with Gasteiger partial charge in [0.25, 0.3) is 0 Å². The standard InChI is InChI=1S/C27H33FN4O6/c1-27(2,3)38-24(33)29-16-21-17-32(26(35)37-21)20-9-10-23(22(28)15-20)30-11-13-31(14-12-30)25(34)36-18-19-7-5-4-6-8-19/h4-10,15,21H,11-14,16-18H2,1-3H3,(H,29,33)/t21-/m0/s1. The molecular formula is C27H33FN4O6. The summed E-state index contributed by atoms with van der Waals surface area (Å²) >= 11 is 0. The van der Waals surface area contributed by atoms with Gasteiger partial charge in [-0.2, -0.15) is 0 Å². The molecule has 2 aromatic rings. The van der Waals surface area contributed by atoms with E-state index in [1.165, 1.54) is 11.0 Å². The Bertz CT molecular complexity index is 1150. The fourth-order valence-electron chi connectivity index (χ4n) is 4.21. The van der Waals surface area contributed by atoms with Crippen LogP contribution in [0, 0.1) is 5.82 Å². The van der Waals surface area contributed by atoms with Crippen molar-refractivity contribution in [2.45, 2.75) is 39.1 Å². The van der Waals surface area contributed by atoms with Gasteiger partial charge in [-0.1, -0.05) is 30.3 Å². The minimum absolute atomic E-state index is 0.0791. The molecule has 2 aliphatic rings. The lowest BCUT2D eigenvalue weighted by Gasteiger charge is -2.35. The molecule has 11 heteroatoms. The van der Waals surface area contributed by atoms with E-state index in [2.05, 4.69) is 5.32 Å². The van der Waals surface area contributed by atoms with Gasteiger partial charge in [-0.05, 0) is 44.5 Å². The molecule has 10 nitrogen and oxygen atoms in total. The van der Waals surface area contributed by atoms with E-state index in [4.69, 9.17) is 14.2 Å². The highest BCUT2D eigenvalue weighted by atomic mass is 19.1. The predicted octanol–water partition coefficient (Wildman–Crippen LogP) is 4.13. The number of halogens is 1. The molecule has 2 aromatic carbocycles. The van der Waals surface area contributed by atoms with Crippen molar-refractivity contribution >= 4 is 29.7 Å². The number of piperazine rings is 1. The van der Waals surface area contributed by atoms with E-state index < -0.39 is 35.8 Å². The van der Waals surface area contributed by atoms with Crippen LogP contribution < -0.4 is 15.1 Å². The number of cyclic esters (lactones) is 1. The van der Waals surface area contributed by atoms with Crippen molar-refractivity contribution < 1.29 is 33.0 Å². The summed E-state index contributed by atoms with van der Waals surface area (Å²) in [6.07, 6.45) is -2.21. The van der Waals surface area contributed by atoms with Gasteiger partial charge in [-0.3, -0.25) is 4.90 Å². The second-order valence-electron chi connectivity index (χ2n) is 10.1. The Morgan fingerprint density at radius 1 is 1.08 bits per heavy atom. The lowest BCUT2D eigenvalue weighted by Crippen LogP contribution is -2.49. The van der Waals surface area contributed by atoms with E-state index in [1.54, 1.807) is 37.8 Å². The number of amides is 3. The van der Waals surface area contributed by atoms with Crippen LogP contribution >= 0.6 is 0 Å². The Morgan fingerprint density at radius 2 is 1.79 bits per heavy atom. The van der Waals surface area contributed by atoms with Gasteiger partial charge in [-0.25, -0.2) is 18.8 Å². The monoisotopic (exact) mass is 528 g/mol. The molecule has 4 rings (SSSR count). The second kappa shape index (κ2) is 11.6. The van der Waals surface area contributed by atoms with E-state index in [0.29, 0.717) is 37.6 Å². The number of anilines is 2. The van der Waals surface area contributed by atoms with Crippen molar-refractivity contribution in [2.24, 2.45) is 0 Å². The quantitative estimate of drug-likeness (QED) is 0.563. The topological polar surface area (TPSA) is 101 Å². The van der Waals surface area contributed by atoms with Crippen LogP contribution in [-0.2, 0) is 20.8 Å². The lowest BCUT2D eigenvalue weighted by molar-refractivity contribution is 0.0496. The summed E-state index contributed by atoms with van der Waals surface area (Å²) in [4.78, 5) is 41.4. The van der Waals surface area contributed by atoms with Gasteiger partial charge < -0.3 is 29.3 Å². The predicted molar refractivity (Wildman–Crippen MR) is 139 cm³/mol. The highest BCUT2D eigenvalue weighted by Crippen LogP contribution is 2.28. The molecular weight excluding hydrogens is 495 g/mol. The van der Waals surface area contributed by atoms with Crippen LogP contribution in [0.25, 0.3) is 0 Å². The molecule has 2 aliphatic heterocycles. The summed E-state index contributed by atoms with van der Waals surface area (Å²) in [5.74, 6) is -0.481.